The Hall–Kier alpha value is -1.40. The second-order valence-corrected chi connectivity index (χ2v) is 6.64. The summed E-state index contributed by atoms with van der Waals surface area (Å²) in [4.78, 5) is 21.2. The topological polar surface area (TPSA) is 50.6 Å². The van der Waals surface area contributed by atoms with Gasteiger partial charge in [0.25, 0.3) is 0 Å². The number of aryl methyl sites for hydroxylation is 1. The van der Waals surface area contributed by atoms with E-state index in [1.807, 2.05) is 24.3 Å². The molecule has 2 aliphatic rings. The summed E-state index contributed by atoms with van der Waals surface area (Å²) in [6.45, 7) is 5.39. The average molecular weight is 320 g/mol. The Kier molecular flexibility index (Phi) is 5.67. The van der Waals surface area contributed by atoms with Crippen LogP contribution in [0.15, 0.2) is 12.4 Å². The van der Waals surface area contributed by atoms with E-state index < -0.39 is 0 Å². The van der Waals surface area contributed by atoms with E-state index in [0.717, 1.165) is 70.8 Å². The molecule has 0 aromatic carbocycles. The lowest BCUT2D eigenvalue weighted by molar-refractivity contribution is -0.131. The van der Waals surface area contributed by atoms with Crippen molar-refractivity contribution in [3.63, 3.8) is 0 Å². The van der Waals surface area contributed by atoms with Gasteiger partial charge < -0.3 is 14.2 Å². The highest BCUT2D eigenvalue weighted by atomic mass is 16.5. The highest BCUT2D eigenvalue weighted by Crippen LogP contribution is 2.18. The fourth-order valence-corrected chi connectivity index (χ4v) is 3.44. The van der Waals surface area contributed by atoms with E-state index >= 15 is 0 Å². The molecule has 3 heterocycles. The molecule has 0 bridgehead atoms. The molecule has 6 heteroatoms. The first-order chi connectivity index (χ1) is 11.2. The van der Waals surface area contributed by atoms with E-state index in [0.29, 0.717) is 18.4 Å². The van der Waals surface area contributed by atoms with Crippen molar-refractivity contribution in [2.75, 3.05) is 32.8 Å². The summed E-state index contributed by atoms with van der Waals surface area (Å²) >= 11 is 0. The van der Waals surface area contributed by atoms with Crippen molar-refractivity contribution in [3.05, 3.63) is 18.2 Å². The minimum absolute atomic E-state index is 0.291. The molecule has 1 aromatic heterocycles. The maximum absolute atomic E-state index is 12.4. The van der Waals surface area contributed by atoms with Crippen molar-refractivity contribution in [3.8, 4) is 0 Å². The number of amides is 1. The summed E-state index contributed by atoms with van der Waals surface area (Å²) < 4.78 is 7.68. The minimum Gasteiger partial charge on any atom is -0.378 e. The molecule has 2 saturated heterocycles. The van der Waals surface area contributed by atoms with Gasteiger partial charge in [-0.15, -0.1) is 0 Å². The smallest absolute Gasteiger partial charge is 0.222 e. The maximum atomic E-state index is 12.4. The molecule has 128 valence electrons. The molecule has 1 aromatic rings. The van der Waals surface area contributed by atoms with Crippen molar-refractivity contribution in [1.29, 1.82) is 0 Å². The Morgan fingerprint density at radius 3 is 2.96 bits per heavy atom. The monoisotopic (exact) mass is 320 g/mol. The lowest BCUT2D eigenvalue weighted by Gasteiger charge is -2.22. The zero-order valence-electron chi connectivity index (χ0n) is 14.1. The fraction of sp³-hybridized carbons (Fsp3) is 0.765. The molecule has 0 spiro atoms. The van der Waals surface area contributed by atoms with E-state index in [2.05, 4.69) is 14.5 Å². The lowest BCUT2D eigenvalue weighted by Crippen LogP contribution is -2.35. The Balaban J connectivity index is 1.44. The van der Waals surface area contributed by atoms with Crippen LogP contribution in [-0.4, -0.2) is 64.1 Å². The quantitative estimate of drug-likeness (QED) is 0.823. The first kappa shape index (κ1) is 16.5. The van der Waals surface area contributed by atoms with E-state index in [1.54, 1.807) is 0 Å². The Morgan fingerprint density at radius 1 is 1.30 bits per heavy atom. The number of rotatable bonds is 5. The molecule has 0 aliphatic carbocycles. The molecule has 2 fully saturated rings. The van der Waals surface area contributed by atoms with Crippen LogP contribution in [0, 0.1) is 0 Å². The summed E-state index contributed by atoms with van der Waals surface area (Å²) in [6, 6.07) is 0. The van der Waals surface area contributed by atoms with Gasteiger partial charge in [0.05, 0.1) is 12.6 Å². The number of hydrogen-bond acceptors (Lipinski definition) is 4. The van der Waals surface area contributed by atoms with E-state index in [4.69, 9.17) is 4.74 Å². The number of imidazole rings is 1. The molecule has 2 aliphatic heterocycles. The molecule has 0 saturated carbocycles. The number of aromatic nitrogens is 2. The van der Waals surface area contributed by atoms with Gasteiger partial charge in [-0.3, -0.25) is 9.69 Å². The summed E-state index contributed by atoms with van der Waals surface area (Å²) in [5.74, 6) is 1.38. The summed E-state index contributed by atoms with van der Waals surface area (Å²) in [5.41, 5.74) is 0. The fourth-order valence-electron chi connectivity index (χ4n) is 3.44. The summed E-state index contributed by atoms with van der Waals surface area (Å²) in [7, 11) is 2.03. The SMILES string of the molecule is Cn1ccnc1CN1CCCN(C(=O)CCC2CCCO2)CC1. The van der Waals surface area contributed by atoms with Crippen LogP contribution in [-0.2, 0) is 23.1 Å². The van der Waals surface area contributed by atoms with E-state index in [9.17, 15) is 4.79 Å². The van der Waals surface area contributed by atoms with E-state index in [-0.39, 0.29) is 0 Å². The molecule has 0 radical (unpaired) electrons. The van der Waals surface area contributed by atoms with Gasteiger partial charge in [0, 0.05) is 58.6 Å². The minimum atomic E-state index is 0.291. The highest BCUT2D eigenvalue weighted by Gasteiger charge is 2.22. The van der Waals surface area contributed by atoms with Gasteiger partial charge in [0.2, 0.25) is 5.91 Å². The number of nitrogens with zero attached hydrogens (tertiary/aromatic N) is 4. The van der Waals surface area contributed by atoms with Gasteiger partial charge in [0.15, 0.2) is 0 Å². The van der Waals surface area contributed by atoms with Crippen molar-refractivity contribution >= 4 is 5.91 Å². The number of hydrogen-bond donors (Lipinski definition) is 0. The van der Waals surface area contributed by atoms with Crippen LogP contribution in [0.2, 0.25) is 0 Å². The van der Waals surface area contributed by atoms with Crippen LogP contribution in [0.25, 0.3) is 0 Å². The van der Waals surface area contributed by atoms with Crippen LogP contribution in [0.3, 0.4) is 0 Å². The van der Waals surface area contributed by atoms with Gasteiger partial charge in [-0.1, -0.05) is 0 Å². The van der Waals surface area contributed by atoms with Crippen molar-refractivity contribution in [2.24, 2.45) is 7.05 Å². The second kappa shape index (κ2) is 7.93. The van der Waals surface area contributed by atoms with Crippen molar-refractivity contribution in [2.45, 2.75) is 44.8 Å². The average Bonchev–Trinajstić information content (AvgIpc) is 3.14. The molecule has 1 atom stereocenters. The van der Waals surface area contributed by atoms with Crippen LogP contribution in [0.1, 0.15) is 37.9 Å². The zero-order chi connectivity index (χ0) is 16.1. The normalized spacial score (nSPS) is 23.2. The lowest BCUT2D eigenvalue weighted by atomic mass is 10.1. The molecular weight excluding hydrogens is 292 g/mol. The Morgan fingerprint density at radius 2 is 2.22 bits per heavy atom. The van der Waals surface area contributed by atoms with Gasteiger partial charge in [-0.2, -0.15) is 0 Å². The Labute approximate surface area is 138 Å². The predicted molar refractivity (Wildman–Crippen MR) is 87.9 cm³/mol. The van der Waals surface area contributed by atoms with Crippen LogP contribution >= 0.6 is 0 Å². The van der Waals surface area contributed by atoms with Crippen LogP contribution < -0.4 is 0 Å². The third-order valence-corrected chi connectivity index (χ3v) is 4.93. The number of ether oxygens (including phenoxy) is 1. The second-order valence-electron chi connectivity index (χ2n) is 6.64. The first-order valence-corrected chi connectivity index (χ1v) is 8.80. The van der Waals surface area contributed by atoms with Gasteiger partial charge in [0.1, 0.15) is 5.82 Å². The van der Waals surface area contributed by atoms with Crippen molar-refractivity contribution < 1.29 is 9.53 Å². The van der Waals surface area contributed by atoms with Gasteiger partial charge in [-0.25, -0.2) is 4.98 Å². The molecule has 23 heavy (non-hydrogen) atoms. The molecular formula is C17H28N4O2. The summed E-state index contributed by atoms with van der Waals surface area (Å²) in [6.07, 6.45) is 8.94. The predicted octanol–water partition coefficient (Wildman–Crippen LogP) is 1.41. The third kappa shape index (κ3) is 4.54. The summed E-state index contributed by atoms with van der Waals surface area (Å²) in [5, 5.41) is 0. The standard InChI is InChI=1S/C17H28N4O2/c1-19-10-7-18-16(19)14-20-8-3-9-21(12-11-20)17(22)6-5-15-4-2-13-23-15/h7,10,15H,2-6,8-9,11-14H2,1H3. The van der Waals surface area contributed by atoms with Crippen molar-refractivity contribution in [1.82, 2.24) is 19.4 Å². The molecule has 1 amide bonds. The zero-order valence-corrected chi connectivity index (χ0v) is 14.1. The molecule has 3 rings (SSSR count). The highest BCUT2D eigenvalue weighted by molar-refractivity contribution is 5.76. The maximum Gasteiger partial charge on any atom is 0.222 e. The van der Waals surface area contributed by atoms with E-state index in [1.165, 1.54) is 0 Å². The van der Waals surface area contributed by atoms with Gasteiger partial charge >= 0.3 is 0 Å². The largest absolute Gasteiger partial charge is 0.378 e. The Bertz CT molecular complexity index is 510. The van der Waals surface area contributed by atoms with Crippen LogP contribution in [0.5, 0.6) is 0 Å². The molecule has 6 nitrogen and oxygen atoms in total. The third-order valence-electron chi connectivity index (χ3n) is 4.93. The first-order valence-electron chi connectivity index (χ1n) is 8.80. The van der Waals surface area contributed by atoms with Crippen LogP contribution in [0.4, 0.5) is 0 Å². The van der Waals surface area contributed by atoms with Gasteiger partial charge in [-0.05, 0) is 25.7 Å². The number of carbonyl (C=O) groups excluding carboxylic acids is 1. The molecule has 0 N–H and O–H groups in total. The molecule has 1 unspecified atom stereocenters. The number of carbonyl (C=O) groups is 1.